The molecule has 0 fully saturated rings. The van der Waals surface area contributed by atoms with E-state index in [2.05, 4.69) is 32.8 Å². The number of nitrogens with zero attached hydrogens (tertiary/aromatic N) is 1. The summed E-state index contributed by atoms with van der Waals surface area (Å²) in [5.74, 6) is -1.32. The van der Waals surface area contributed by atoms with Crippen molar-refractivity contribution < 1.29 is 9.90 Å². The zero-order valence-electron chi connectivity index (χ0n) is 8.24. The van der Waals surface area contributed by atoms with Crippen molar-refractivity contribution in [3.05, 3.63) is 37.2 Å². The van der Waals surface area contributed by atoms with Crippen LogP contribution in [0.2, 0.25) is 0 Å². The molecular formula is C11H11IN2O3. The van der Waals surface area contributed by atoms with E-state index in [1.165, 1.54) is 0 Å². The summed E-state index contributed by atoms with van der Waals surface area (Å²) in [6.07, 6.45) is 0. The van der Waals surface area contributed by atoms with E-state index in [1.807, 2.05) is 13.0 Å². The van der Waals surface area contributed by atoms with Crippen LogP contribution < -0.4 is 5.43 Å². The number of aromatic nitrogens is 2. The lowest BCUT2D eigenvalue weighted by Crippen LogP contribution is -2.18. The number of carboxylic acids is 1. The van der Waals surface area contributed by atoms with Crippen molar-refractivity contribution in [2.24, 2.45) is 0 Å². The Morgan fingerprint density at radius 3 is 2.71 bits per heavy atom. The molecular weight excluding hydrogens is 335 g/mol. The monoisotopic (exact) mass is 346 g/mol. The van der Waals surface area contributed by atoms with Crippen LogP contribution in [-0.2, 0) is 0 Å². The minimum Gasteiger partial charge on any atom is -0.476 e. The summed E-state index contributed by atoms with van der Waals surface area (Å²) >= 11 is 2.08. The molecule has 0 amide bonds. The Bertz CT molecular complexity index is 649. The van der Waals surface area contributed by atoms with Gasteiger partial charge >= 0.3 is 5.97 Å². The van der Waals surface area contributed by atoms with Gasteiger partial charge in [-0.1, -0.05) is 7.43 Å². The molecule has 2 aromatic rings. The number of rotatable bonds is 1. The van der Waals surface area contributed by atoms with Gasteiger partial charge in [-0.15, -0.1) is 0 Å². The molecule has 5 nitrogen and oxygen atoms in total. The van der Waals surface area contributed by atoms with Gasteiger partial charge in [-0.25, -0.2) is 4.79 Å². The van der Waals surface area contributed by atoms with Crippen molar-refractivity contribution >= 4 is 39.5 Å². The van der Waals surface area contributed by atoms with Crippen LogP contribution in [0, 0.1) is 10.5 Å². The maximum atomic E-state index is 11.8. The number of benzene rings is 1. The molecule has 0 radical (unpaired) electrons. The van der Waals surface area contributed by atoms with Crippen LogP contribution in [0.25, 0.3) is 10.9 Å². The highest BCUT2D eigenvalue weighted by Crippen LogP contribution is 2.16. The molecule has 0 aliphatic rings. The number of carboxylic acid groups (broad SMARTS) is 1. The molecule has 0 saturated carbocycles. The summed E-state index contributed by atoms with van der Waals surface area (Å²) in [5, 5.41) is 15.3. The Balaban J connectivity index is 0.00000144. The van der Waals surface area contributed by atoms with E-state index in [9.17, 15) is 9.59 Å². The largest absolute Gasteiger partial charge is 0.476 e. The normalized spacial score (nSPS) is 10.0. The van der Waals surface area contributed by atoms with Crippen molar-refractivity contribution in [3.8, 4) is 0 Å². The number of aromatic carboxylic acids is 1. The first kappa shape index (κ1) is 13.6. The lowest BCUT2D eigenvalue weighted by atomic mass is 10.1. The highest BCUT2D eigenvalue weighted by molar-refractivity contribution is 14.1. The Kier molecular flexibility index (Phi) is 3.87. The van der Waals surface area contributed by atoms with Crippen molar-refractivity contribution in [2.75, 3.05) is 0 Å². The van der Waals surface area contributed by atoms with E-state index in [1.54, 1.807) is 6.07 Å². The van der Waals surface area contributed by atoms with Crippen molar-refractivity contribution in [1.29, 1.82) is 0 Å². The third kappa shape index (κ3) is 2.31. The number of hydrogen-bond donors (Lipinski definition) is 2. The van der Waals surface area contributed by atoms with E-state index in [0.717, 1.165) is 9.13 Å². The van der Waals surface area contributed by atoms with Gasteiger partial charge < -0.3 is 5.11 Å². The summed E-state index contributed by atoms with van der Waals surface area (Å²) in [4.78, 5) is 22.6. The Morgan fingerprint density at radius 2 is 2.12 bits per heavy atom. The molecule has 17 heavy (non-hydrogen) atoms. The molecule has 0 saturated heterocycles. The quantitative estimate of drug-likeness (QED) is 0.776. The second kappa shape index (κ2) is 4.82. The fourth-order valence-corrected chi connectivity index (χ4v) is 2.28. The van der Waals surface area contributed by atoms with Gasteiger partial charge in [0.25, 0.3) is 0 Å². The number of aryl methyl sites for hydroxylation is 1. The van der Waals surface area contributed by atoms with Gasteiger partial charge in [0, 0.05) is 3.57 Å². The molecule has 90 valence electrons. The third-order valence-corrected chi connectivity index (χ3v) is 2.86. The molecule has 0 unspecified atom stereocenters. The van der Waals surface area contributed by atoms with Gasteiger partial charge in [0.1, 0.15) is 0 Å². The summed E-state index contributed by atoms with van der Waals surface area (Å²) in [6.45, 7) is 1.84. The molecule has 0 aliphatic heterocycles. The fourth-order valence-electron chi connectivity index (χ4n) is 1.51. The zero-order chi connectivity index (χ0) is 11.9. The zero-order valence-corrected chi connectivity index (χ0v) is 10.4. The number of fused-ring (bicyclic) bond motifs is 1. The van der Waals surface area contributed by atoms with E-state index in [-0.39, 0.29) is 7.43 Å². The number of hydrogen-bond acceptors (Lipinski definition) is 3. The Hall–Kier alpha value is -1.44. The predicted molar refractivity (Wildman–Crippen MR) is 73.5 cm³/mol. The minimum atomic E-state index is -1.32. The fraction of sp³-hybridized carbons (Fsp3) is 0.182. The van der Waals surface area contributed by atoms with Crippen LogP contribution in [0.5, 0.6) is 0 Å². The minimum absolute atomic E-state index is 0. The van der Waals surface area contributed by atoms with Crippen molar-refractivity contribution in [2.45, 2.75) is 14.4 Å². The number of carbonyl (C=O) groups is 1. The number of nitrogens with one attached hydrogen (secondary N) is 1. The Labute approximate surface area is 111 Å². The first-order valence-corrected chi connectivity index (χ1v) is 5.50. The molecule has 6 heteroatoms. The Morgan fingerprint density at radius 1 is 1.47 bits per heavy atom. The van der Waals surface area contributed by atoms with Gasteiger partial charge in [-0.05, 0) is 47.2 Å². The second-order valence-electron chi connectivity index (χ2n) is 3.35. The van der Waals surface area contributed by atoms with Crippen LogP contribution >= 0.6 is 22.6 Å². The SMILES string of the molecule is C.Cc1cc(I)cc2c(=O)c(C(=O)O)n[nH]c12. The van der Waals surface area contributed by atoms with Gasteiger partial charge in [0.2, 0.25) is 11.1 Å². The van der Waals surface area contributed by atoms with Gasteiger partial charge in [0.05, 0.1) is 10.9 Å². The first-order valence-electron chi connectivity index (χ1n) is 4.42. The molecule has 0 spiro atoms. The van der Waals surface area contributed by atoms with Crippen molar-refractivity contribution in [3.63, 3.8) is 0 Å². The third-order valence-electron chi connectivity index (χ3n) is 2.24. The molecule has 2 rings (SSSR count). The highest BCUT2D eigenvalue weighted by atomic mass is 127. The molecule has 1 heterocycles. The standard InChI is InChI=1S/C10H7IN2O3.CH4/c1-4-2-5(11)3-6-7(4)12-13-8(9(6)14)10(15)16;/h2-3H,1H3,(H,12,14)(H,15,16);1H4. The van der Waals surface area contributed by atoms with Crippen LogP contribution in [0.15, 0.2) is 16.9 Å². The van der Waals surface area contributed by atoms with Crippen LogP contribution in [0.1, 0.15) is 23.5 Å². The topological polar surface area (TPSA) is 83.1 Å². The van der Waals surface area contributed by atoms with Crippen LogP contribution in [-0.4, -0.2) is 21.3 Å². The summed E-state index contributed by atoms with van der Waals surface area (Å²) in [7, 11) is 0. The molecule has 0 bridgehead atoms. The lowest BCUT2D eigenvalue weighted by Gasteiger charge is -2.03. The summed E-state index contributed by atoms with van der Waals surface area (Å²) < 4.78 is 0.885. The first-order chi connectivity index (χ1) is 7.50. The predicted octanol–water partition coefficient (Wildman–Crippen LogP) is 2.17. The smallest absolute Gasteiger partial charge is 0.360 e. The average molecular weight is 346 g/mol. The molecule has 0 atom stereocenters. The van der Waals surface area contributed by atoms with Crippen LogP contribution in [0.4, 0.5) is 0 Å². The number of H-pyrrole nitrogens is 1. The van der Waals surface area contributed by atoms with E-state index in [0.29, 0.717) is 10.9 Å². The van der Waals surface area contributed by atoms with Crippen molar-refractivity contribution in [1.82, 2.24) is 10.2 Å². The molecule has 1 aromatic carbocycles. The van der Waals surface area contributed by atoms with Gasteiger partial charge in [-0.3, -0.25) is 9.89 Å². The number of aromatic amines is 1. The highest BCUT2D eigenvalue weighted by Gasteiger charge is 2.14. The number of halogens is 1. The van der Waals surface area contributed by atoms with Gasteiger partial charge in [-0.2, -0.15) is 5.10 Å². The molecule has 0 aliphatic carbocycles. The second-order valence-corrected chi connectivity index (χ2v) is 4.60. The van der Waals surface area contributed by atoms with Gasteiger partial charge in [0.15, 0.2) is 0 Å². The van der Waals surface area contributed by atoms with E-state index < -0.39 is 17.1 Å². The molecule has 1 aromatic heterocycles. The molecule has 2 N–H and O–H groups in total. The average Bonchev–Trinajstić information content (AvgIpc) is 2.19. The summed E-state index contributed by atoms with van der Waals surface area (Å²) in [5.41, 5.74) is 0.413. The maximum absolute atomic E-state index is 11.8. The van der Waals surface area contributed by atoms with Crippen LogP contribution in [0.3, 0.4) is 0 Å². The maximum Gasteiger partial charge on any atom is 0.360 e. The van der Waals surface area contributed by atoms with E-state index >= 15 is 0 Å². The van der Waals surface area contributed by atoms with E-state index in [4.69, 9.17) is 5.11 Å². The summed E-state index contributed by atoms with van der Waals surface area (Å²) in [6, 6.07) is 3.54. The lowest BCUT2D eigenvalue weighted by molar-refractivity contribution is 0.0688.